The molecular formula is C27H24N4O5S. The van der Waals surface area contributed by atoms with Gasteiger partial charge in [0, 0.05) is 28.3 Å². The molecule has 3 N–H and O–H groups in total. The van der Waals surface area contributed by atoms with Gasteiger partial charge in [-0.1, -0.05) is 23.4 Å². The molecule has 0 aliphatic rings. The molecule has 2 aromatic heterocycles. The van der Waals surface area contributed by atoms with Crippen LogP contribution in [0, 0.1) is 6.92 Å². The van der Waals surface area contributed by atoms with Crippen molar-refractivity contribution in [2.24, 2.45) is 0 Å². The van der Waals surface area contributed by atoms with Crippen LogP contribution in [-0.2, 0) is 9.59 Å². The first-order valence-electron chi connectivity index (χ1n) is 11.3. The Labute approximate surface area is 217 Å². The van der Waals surface area contributed by atoms with E-state index in [4.69, 9.17) is 8.94 Å². The van der Waals surface area contributed by atoms with E-state index < -0.39 is 17.1 Å². The summed E-state index contributed by atoms with van der Waals surface area (Å²) in [5.41, 5.74) is 0.957. The van der Waals surface area contributed by atoms with Crippen molar-refractivity contribution in [3.63, 3.8) is 0 Å². The fraction of sp³-hybridized carbons (Fsp3) is 0.111. The molecule has 0 saturated heterocycles. The molecule has 0 unspecified atom stereocenters. The number of hydrogen-bond donors (Lipinski definition) is 3. The van der Waals surface area contributed by atoms with Gasteiger partial charge in [-0.2, -0.15) is 0 Å². The molecule has 0 aliphatic heterocycles. The number of carbonyl (C=O) groups excluding carboxylic acids is 3. The van der Waals surface area contributed by atoms with Crippen molar-refractivity contribution in [3.05, 3.63) is 102 Å². The van der Waals surface area contributed by atoms with Gasteiger partial charge in [0.15, 0.2) is 5.82 Å². The third-order valence-electron chi connectivity index (χ3n) is 5.03. The van der Waals surface area contributed by atoms with Crippen LogP contribution in [0.15, 0.2) is 98.6 Å². The van der Waals surface area contributed by atoms with Crippen molar-refractivity contribution in [1.82, 2.24) is 10.5 Å². The molecular weight excluding hydrogens is 492 g/mol. The molecule has 188 valence electrons. The quantitative estimate of drug-likeness (QED) is 0.209. The maximum Gasteiger partial charge on any atom is 0.272 e. The third-order valence-corrected chi connectivity index (χ3v) is 6.14. The topological polar surface area (TPSA) is 126 Å². The van der Waals surface area contributed by atoms with E-state index >= 15 is 0 Å². The Bertz CT molecular complexity index is 1400. The molecule has 0 bridgehead atoms. The highest BCUT2D eigenvalue weighted by Crippen LogP contribution is 2.26. The number of rotatable bonds is 9. The molecule has 10 heteroatoms. The van der Waals surface area contributed by atoms with Crippen LogP contribution >= 0.6 is 11.8 Å². The standard InChI is InChI=1S/C27H24N4O5S/c1-17-15-24(31-36-17)30-25(32)18(2)37-22-12-10-20(11-13-22)28-27(34)23(16-21-9-6-14-35-21)29-26(33)19-7-4-3-5-8-19/h3-16,18H,1-2H3,(H,28,34)(H,29,33)(H,30,31,32)/b23-16-/t18-/m0/s1. The zero-order valence-corrected chi connectivity index (χ0v) is 20.9. The van der Waals surface area contributed by atoms with Crippen LogP contribution in [0.3, 0.4) is 0 Å². The van der Waals surface area contributed by atoms with Crippen LogP contribution in [0.25, 0.3) is 6.08 Å². The van der Waals surface area contributed by atoms with Crippen molar-refractivity contribution >= 4 is 47.1 Å². The lowest BCUT2D eigenvalue weighted by Gasteiger charge is -2.12. The lowest BCUT2D eigenvalue weighted by atomic mass is 10.2. The number of anilines is 2. The SMILES string of the molecule is Cc1cc(NC(=O)[C@H](C)Sc2ccc(NC(=O)/C(=C/c3ccco3)NC(=O)c3ccccc3)cc2)no1. The number of hydrogen-bond acceptors (Lipinski definition) is 7. The van der Waals surface area contributed by atoms with Gasteiger partial charge in [-0.3, -0.25) is 14.4 Å². The molecule has 3 amide bonds. The first-order valence-corrected chi connectivity index (χ1v) is 12.2. The Balaban J connectivity index is 1.39. The van der Waals surface area contributed by atoms with Gasteiger partial charge in [0.2, 0.25) is 5.91 Å². The predicted molar refractivity (Wildman–Crippen MR) is 141 cm³/mol. The maximum absolute atomic E-state index is 13.0. The fourth-order valence-electron chi connectivity index (χ4n) is 3.18. The molecule has 4 aromatic rings. The molecule has 37 heavy (non-hydrogen) atoms. The summed E-state index contributed by atoms with van der Waals surface area (Å²) in [4.78, 5) is 38.9. The van der Waals surface area contributed by atoms with Gasteiger partial charge >= 0.3 is 0 Å². The first kappa shape index (κ1) is 25.5. The Morgan fingerprint density at radius 2 is 1.73 bits per heavy atom. The van der Waals surface area contributed by atoms with Gasteiger partial charge in [-0.15, -0.1) is 11.8 Å². The Kier molecular flexibility index (Phi) is 8.22. The van der Waals surface area contributed by atoms with Gasteiger partial charge in [-0.05, 0) is 62.4 Å². The highest BCUT2D eigenvalue weighted by molar-refractivity contribution is 8.00. The second kappa shape index (κ2) is 11.9. The van der Waals surface area contributed by atoms with Gasteiger partial charge < -0.3 is 24.9 Å². The van der Waals surface area contributed by atoms with Crippen LogP contribution in [-0.4, -0.2) is 28.1 Å². The van der Waals surface area contributed by atoms with E-state index in [1.165, 1.54) is 24.1 Å². The molecule has 1 atom stereocenters. The van der Waals surface area contributed by atoms with Crippen LogP contribution in [0.2, 0.25) is 0 Å². The summed E-state index contributed by atoms with van der Waals surface area (Å²) in [5, 5.41) is 11.5. The van der Waals surface area contributed by atoms with Crippen LogP contribution < -0.4 is 16.0 Å². The van der Waals surface area contributed by atoms with E-state index in [0.29, 0.717) is 28.6 Å². The molecule has 2 aromatic carbocycles. The van der Waals surface area contributed by atoms with Crippen LogP contribution in [0.4, 0.5) is 11.5 Å². The van der Waals surface area contributed by atoms with Crippen molar-refractivity contribution in [2.45, 2.75) is 24.0 Å². The number of benzene rings is 2. The third kappa shape index (κ3) is 7.21. The lowest BCUT2D eigenvalue weighted by Crippen LogP contribution is -2.30. The van der Waals surface area contributed by atoms with E-state index in [0.717, 1.165) is 4.90 Å². The first-order chi connectivity index (χ1) is 17.9. The summed E-state index contributed by atoms with van der Waals surface area (Å²) in [5.74, 6) is 0.238. The number of furan rings is 1. The summed E-state index contributed by atoms with van der Waals surface area (Å²) in [6, 6.07) is 20.6. The summed E-state index contributed by atoms with van der Waals surface area (Å²) in [6.07, 6.45) is 2.93. The molecule has 4 rings (SSSR count). The number of carbonyl (C=O) groups is 3. The zero-order chi connectivity index (χ0) is 26.2. The van der Waals surface area contributed by atoms with Gasteiger partial charge in [0.05, 0.1) is 11.5 Å². The van der Waals surface area contributed by atoms with E-state index in [9.17, 15) is 14.4 Å². The highest BCUT2D eigenvalue weighted by atomic mass is 32.2. The predicted octanol–water partition coefficient (Wildman–Crippen LogP) is 5.10. The monoisotopic (exact) mass is 516 g/mol. The Morgan fingerprint density at radius 3 is 2.38 bits per heavy atom. The largest absolute Gasteiger partial charge is 0.465 e. The summed E-state index contributed by atoms with van der Waals surface area (Å²) >= 11 is 1.36. The summed E-state index contributed by atoms with van der Waals surface area (Å²) in [6.45, 7) is 3.53. The number of nitrogens with one attached hydrogen (secondary N) is 3. The molecule has 0 fully saturated rings. The normalized spacial score (nSPS) is 12.0. The van der Waals surface area contributed by atoms with Gasteiger partial charge in [-0.25, -0.2) is 0 Å². The molecule has 0 saturated carbocycles. The van der Waals surface area contributed by atoms with Crippen molar-refractivity contribution in [1.29, 1.82) is 0 Å². The lowest BCUT2D eigenvalue weighted by molar-refractivity contribution is -0.115. The fourth-order valence-corrected chi connectivity index (χ4v) is 4.05. The smallest absolute Gasteiger partial charge is 0.272 e. The summed E-state index contributed by atoms with van der Waals surface area (Å²) < 4.78 is 10.3. The average molecular weight is 517 g/mol. The minimum atomic E-state index is -0.517. The van der Waals surface area contributed by atoms with Crippen LogP contribution in [0.5, 0.6) is 0 Å². The molecule has 9 nitrogen and oxygen atoms in total. The van der Waals surface area contributed by atoms with Crippen LogP contribution in [0.1, 0.15) is 28.8 Å². The van der Waals surface area contributed by atoms with E-state index in [-0.39, 0.29) is 11.6 Å². The van der Waals surface area contributed by atoms with Crippen molar-refractivity contribution < 1.29 is 23.3 Å². The second-order valence-corrected chi connectivity index (χ2v) is 9.36. The number of nitrogens with zero attached hydrogens (tertiary/aromatic N) is 1. The Morgan fingerprint density at radius 1 is 0.973 bits per heavy atom. The number of aromatic nitrogens is 1. The maximum atomic E-state index is 13.0. The van der Waals surface area contributed by atoms with Crippen molar-refractivity contribution in [3.8, 4) is 0 Å². The van der Waals surface area contributed by atoms with E-state index in [2.05, 4.69) is 21.1 Å². The Hall–Kier alpha value is -4.57. The zero-order valence-electron chi connectivity index (χ0n) is 20.1. The number of amides is 3. The molecule has 2 heterocycles. The van der Waals surface area contributed by atoms with Crippen molar-refractivity contribution in [2.75, 3.05) is 10.6 Å². The molecule has 0 aliphatic carbocycles. The highest BCUT2D eigenvalue weighted by Gasteiger charge is 2.18. The number of aryl methyl sites for hydroxylation is 1. The van der Waals surface area contributed by atoms with E-state index in [1.54, 1.807) is 86.6 Å². The number of thioether (sulfide) groups is 1. The molecule has 0 radical (unpaired) electrons. The average Bonchev–Trinajstić information content (AvgIpc) is 3.56. The second-order valence-electron chi connectivity index (χ2n) is 7.94. The van der Waals surface area contributed by atoms with E-state index in [1.807, 2.05) is 0 Å². The molecule has 0 spiro atoms. The van der Waals surface area contributed by atoms with Gasteiger partial charge in [0.25, 0.3) is 11.8 Å². The minimum Gasteiger partial charge on any atom is -0.465 e. The summed E-state index contributed by atoms with van der Waals surface area (Å²) in [7, 11) is 0. The van der Waals surface area contributed by atoms with Gasteiger partial charge in [0.1, 0.15) is 17.2 Å². The minimum absolute atomic E-state index is 0.0237.